The van der Waals surface area contributed by atoms with E-state index in [2.05, 4.69) is 5.32 Å². The Morgan fingerprint density at radius 2 is 2.19 bits per heavy atom. The molecule has 0 spiro atoms. The quantitative estimate of drug-likeness (QED) is 0.729. The van der Waals surface area contributed by atoms with Crippen LogP contribution in [0.3, 0.4) is 0 Å². The number of phenols is 1. The first-order valence-electron chi connectivity index (χ1n) is 5.94. The molecular formula is C13H19NO2. The van der Waals surface area contributed by atoms with Gasteiger partial charge in [0.05, 0.1) is 6.10 Å². The number of hydrogen-bond acceptors (Lipinski definition) is 3. The van der Waals surface area contributed by atoms with Gasteiger partial charge in [-0.15, -0.1) is 0 Å². The first kappa shape index (κ1) is 11.4. The summed E-state index contributed by atoms with van der Waals surface area (Å²) in [4.78, 5) is 0. The summed E-state index contributed by atoms with van der Waals surface area (Å²) in [5.74, 6) is 0.710. The minimum atomic E-state index is -0.550. The lowest BCUT2D eigenvalue weighted by Gasteiger charge is -2.25. The Balaban J connectivity index is 1.96. The molecule has 0 radical (unpaired) electrons. The highest BCUT2D eigenvalue weighted by Crippen LogP contribution is 2.30. The van der Waals surface area contributed by atoms with Crippen LogP contribution in [0.4, 0.5) is 0 Å². The number of para-hydroxylation sites is 1. The van der Waals surface area contributed by atoms with Crippen LogP contribution in [-0.2, 0) is 0 Å². The van der Waals surface area contributed by atoms with Crippen LogP contribution in [0.5, 0.6) is 5.75 Å². The van der Waals surface area contributed by atoms with Gasteiger partial charge in [-0.25, -0.2) is 0 Å². The van der Waals surface area contributed by atoms with Crippen molar-refractivity contribution in [1.29, 1.82) is 0 Å². The average molecular weight is 221 g/mol. The minimum absolute atomic E-state index is 0.193. The molecule has 2 atom stereocenters. The van der Waals surface area contributed by atoms with Gasteiger partial charge in [-0.2, -0.15) is 0 Å². The third-order valence-corrected chi connectivity index (χ3v) is 3.25. The van der Waals surface area contributed by atoms with Gasteiger partial charge in [0.2, 0.25) is 0 Å². The fourth-order valence-electron chi connectivity index (χ4n) is 2.34. The smallest absolute Gasteiger partial charge is 0.121 e. The summed E-state index contributed by atoms with van der Waals surface area (Å²) in [5, 5.41) is 23.0. The maximum absolute atomic E-state index is 10.1. The SMILES string of the molecule is Oc1ccccc1C(O)CC1CCCNC1. The van der Waals surface area contributed by atoms with Gasteiger partial charge >= 0.3 is 0 Å². The van der Waals surface area contributed by atoms with Crippen molar-refractivity contribution < 1.29 is 10.2 Å². The molecule has 1 aromatic rings. The predicted octanol–water partition coefficient (Wildman–Crippen LogP) is 1.82. The van der Waals surface area contributed by atoms with Crippen molar-refractivity contribution in [3.8, 4) is 5.75 Å². The van der Waals surface area contributed by atoms with Gasteiger partial charge in [0.1, 0.15) is 5.75 Å². The number of phenolic OH excluding ortho intramolecular Hbond substituents is 1. The van der Waals surface area contributed by atoms with Gasteiger partial charge < -0.3 is 15.5 Å². The zero-order chi connectivity index (χ0) is 11.4. The maximum atomic E-state index is 10.1. The Morgan fingerprint density at radius 1 is 1.38 bits per heavy atom. The van der Waals surface area contributed by atoms with Crippen LogP contribution in [0, 0.1) is 5.92 Å². The monoisotopic (exact) mass is 221 g/mol. The second kappa shape index (κ2) is 5.32. The molecule has 1 aliphatic heterocycles. The molecule has 3 nitrogen and oxygen atoms in total. The highest BCUT2D eigenvalue weighted by atomic mass is 16.3. The molecule has 3 heteroatoms. The number of nitrogens with one attached hydrogen (secondary N) is 1. The molecule has 1 heterocycles. The van der Waals surface area contributed by atoms with Crippen LogP contribution in [-0.4, -0.2) is 23.3 Å². The second-order valence-corrected chi connectivity index (χ2v) is 4.52. The van der Waals surface area contributed by atoms with Crippen molar-refractivity contribution in [2.24, 2.45) is 5.92 Å². The highest BCUT2D eigenvalue weighted by molar-refractivity contribution is 5.33. The van der Waals surface area contributed by atoms with Crippen LogP contribution in [0.1, 0.15) is 30.9 Å². The molecule has 0 saturated carbocycles. The number of aromatic hydroxyl groups is 1. The highest BCUT2D eigenvalue weighted by Gasteiger charge is 2.19. The third kappa shape index (κ3) is 2.74. The van der Waals surface area contributed by atoms with Crippen molar-refractivity contribution in [2.45, 2.75) is 25.4 Å². The van der Waals surface area contributed by atoms with E-state index < -0.39 is 6.10 Å². The van der Waals surface area contributed by atoms with Crippen molar-refractivity contribution in [3.63, 3.8) is 0 Å². The van der Waals surface area contributed by atoms with E-state index in [-0.39, 0.29) is 5.75 Å². The number of rotatable bonds is 3. The predicted molar refractivity (Wildman–Crippen MR) is 63.3 cm³/mol. The van der Waals surface area contributed by atoms with E-state index in [0.717, 1.165) is 25.9 Å². The first-order valence-corrected chi connectivity index (χ1v) is 5.94. The Hall–Kier alpha value is -1.06. The van der Waals surface area contributed by atoms with E-state index in [9.17, 15) is 10.2 Å². The molecule has 0 amide bonds. The van der Waals surface area contributed by atoms with Crippen LogP contribution in [0.15, 0.2) is 24.3 Å². The molecule has 1 fully saturated rings. The number of aliphatic hydroxyl groups is 1. The van der Waals surface area contributed by atoms with E-state index in [1.54, 1.807) is 18.2 Å². The van der Waals surface area contributed by atoms with Gasteiger partial charge in [0.25, 0.3) is 0 Å². The summed E-state index contributed by atoms with van der Waals surface area (Å²) in [6.07, 6.45) is 2.52. The van der Waals surface area contributed by atoms with E-state index in [1.807, 2.05) is 6.07 Å². The second-order valence-electron chi connectivity index (χ2n) is 4.52. The molecule has 2 rings (SSSR count). The Labute approximate surface area is 96.1 Å². The van der Waals surface area contributed by atoms with Gasteiger partial charge in [0.15, 0.2) is 0 Å². The number of aliphatic hydroxyl groups excluding tert-OH is 1. The molecule has 88 valence electrons. The third-order valence-electron chi connectivity index (χ3n) is 3.25. The molecule has 3 N–H and O–H groups in total. The van der Waals surface area contributed by atoms with Crippen LogP contribution >= 0.6 is 0 Å². The van der Waals surface area contributed by atoms with Gasteiger partial charge in [0, 0.05) is 5.56 Å². The summed E-state index contributed by atoms with van der Waals surface area (Å²) in [6.45, 7) is 2.06. The summed E-state index contributed by atoms with van der Waals surface area (Å²) in [7, 11) is 0. The largest absolute Gasteiger partial charge is 0.508 e. The lowest BCUT2D eigenvalue weighted by Crippen LogP contribution is -2.30. The summed E-state index contributed by atoms with van der Waals surface area (Å²) < 4.78 is 0. The lowest BCUT2D eigenvalue weighted by atomic mass is 9.91. The lowest BCUT2D eigenvalue weighted by molar-refractivity contribution is 0.132. The fourth-order valence-corrected chi connectivity index (χ4v) is 2.34. The van der Waals surface area contributed by atoms with Crippen molar-refractivity contribution >= 4 is 0 Å². The molecule has 0 bridgehead atoms. The van der Waals surface area contributed by atoms with Crippen LogP contribution in [0.25, 0.3) is 0 Å². The average Bonchev–Trinajstić information content (AvgIpc) is 2.31. The molecule has 1 saturated heterocycles. The van der Waals surface area contributed by atoms with Crippen LogP contribution < -0.4 is 5.32 Å². The van der Waals surface area contributed by atoms with Gasteiger partial charge in [-0.05, 0) is 44.3 Å². The fraction of sp³-hybridized carbons (Fsp3) is 0.538. The Bertz CT molecular complexity index is 334. The van der Waals surface area contributed by atoms with Crippen molar-refractivity contribution in [3.05, 3.63) is 29.8 Å². The molecule has 16 heavy (non-hydrogen) atoms. The molecule has 0 aromatic heterocycles. The van der Waals surface area contributed by atoms with Crippen molar-refractivity contribution in [2.75, 3.05) is 13.1 Å². The maximum Gasteiger partial charge on any atom is 0.121 e. The molecule has 1 aliphatic rings. The first-order chi connectivity index (χ1) is 7.77. The van der Waals surface area contributed by atoms with Crippen molar-refractivity contribution in [1.82, 2.24) is 5.32 Å². The zero-order valence-electron chi connectivity index (χ0n) is 9.39. The minimum Gasteiger partial charge on any atom is -0.508 e. The standard InChI is InChI=1S/C13H19NO2/c15-12-6-2-1-5-11(12)13(16)8-10-4-3-7-14-9-10/h1-2,5-6,10,13-16H,3-4,7-9H2. The molecular weight excluding hydrogens is 202 g/mol. The van der Waals surface area contributed by atoms with E-state index in [0.29, 0.717) is 11.5 Å². The van der Waals surface area contributed by atoms with Gasteiger partial charge in [-0.3, -0.25) is 0 Å². The molecule has 1 aromatic carbocycles. The Morgan fingerprint density at radius 3 is 2.88 bits per heavy atom. The number of benzene rings is 1. The van der Waals surface area contributed by atoms with Gasteiger partial charge in [-0.1, -0.05) is 18.2 Å². The topological polar surface area (TPSA) is 52.5 Å². The van der Waals surface area contributed by atoms with E-state index in [4.69, 9.17) is 0 Å². The zero-order valence-corrected chi connectivity index (χ0v) is 9.39. The van der Waals surface area contributed by atoms with Crippen LogP contribution in [0.2, 0.25) is 0 Å². The summed E-state index contributed by atoms with van der Waals surface area (Å²) in [5.41, 5.74) is 0.646. The molecule has 2 unspecified atom stereocenters. The van der Waals surface area contributed by atoms with E-state index in [1.165, 1.54) is 6.42 Å². The number of hydrogen-bond donors (Lipinski definition) is 3. The Kier molecular flexibility index (Phi) is 3.80. The normalized spacial score (nSPS) is 22.9. The van der Waals surface area contributed by atoms with E-state index >= 15 is 0 Å². The summed E-state index contributed by atoms with van der Waals surface area (Å²) in [6, 6.07) is 7.03. The number of piperidine rings is 1. The summed E-state index contributed by atoms with van der Waals surface area (Å²) >= 11 is 0. The molecule has 0 aliphatic carbocycles.